The number of carbonyl (C=O) groups is 1. The van der Waals surface area contributed by atoms with E-state index in [4.69, 9.17) is 8.92 Å². The normalized spacial score (nSPS) is 11.1. The highest BCUT2D eigenvalue weighted by Crippen LogP contribution is 2.29. The van der Waals surface area contributed by atoms with Crippen LogP contribution < -0.4 is 8.92 Å². The molecular weight excluding hydrogens is 434 g/mol. The van der Waals surface area contributed by atoms with Crippen LogP contribution in [0.25, 0.3) is 10.8 Å². The number of hydrogen-bond acceptors (Lipinski definition) is 7. The van der Waals surface area contributed by atoms with E-state index in [0.717, 1.165) is 22.9 Å². The van der Waals surface area contributed by atoms with E-state index in [2.05, 4.69) is 0 Å². The first-order valence-electron chi connectivity index (χ1n) is 9.33. The van der Waals surface area contributed by atoms with Crippen LogP contribution in [0.5, 0.6) is 11.5 Å². The van der Waals surface area contributed by atoms with Gasteiger partial charge in [-0.2, -0.15) is 8.42 Å². The van der Waals surface area contributed by atoms with Gasteiger partial charge in [-0.1, -0.05) is 54.6 Å². The van der Waals surface area contributed by atoms with E-state index in [9.17, 15) is 23.3 Å². The second-order valence-electron chi connectivity index (χ2n) is 6.66. The molecule has 0 radical (unpaired) electrons. The van der Waals surface area contributed by atoms with Crippen molar-refractivity contribution in [1.29, 1.82) is 0 Å². The molecule has 0 amide bonds. The fraction of sp³-hybridized carbons (Fsp3) is 0. The van der Waals surface area contributed by atoms with Crippen LogP contribution in [0.4, 0.5) is 5.69 Å². The number of carbonyl (C=O) groups excluding carboxylic acids is 1. The smallest absolute Gasteiger partial charge is 0.347 e. The third-order valence-corrected chi connectivity index (χ3v) is 5.85. The highest BCUT2D eigenvalue weighted by molar-refractivity contribution is 7.87. The van der Waals surface area contributed by atoms with Gasteiger partial charge in [-0.15, -0.1) is 0 Å². The predicted octanol–water partition coefficient (Wildman–Crippen LogP) is 4.73. The molecule has 160 valence electrons. The maximum Gasteiger partial charge on any atom is 0.347 e. The lowest BCUT2D eigenvalue weighted by Gasteiger charge is -2.11. The van der Waals surface area contributed by atoms with Gasteiger partial charge in [0.1, 0.15) is 11.3 Å². The lowest BCUT2D eigenvalue weighted by atomic mass is 10.1. The molecule has 4 aromatic rings. The van der Waals surface area contributed by atoms with Crippen molar-refractivity contribution in [2.45, 2.75) is 4.90 Å². The summed E-state index contributed by atoms with van der Waals surface area (Å²) < 4.78 is 36.0. The van der Waals surface area contributed by atoms with E-state index in [-0.39, 0.29) is 17.1 Å². The van der Waals surface area contributed by atoms with E-state index in [1.165, 1.54) is 36.4 Å². The number of nitro benzene ring substituents is 1. The largest absolute Gasteiger partial charge is 0.423 e. The standard InChI is InChI=1S/C23H15NO7S/c25-23(30-18-14-13-16-7-1-2-8-17(16)15-18)19-9-3-5-11-21(19)31-32(28,29)22-12-6-4-10-20(22)24(26)27/h1-15H. The van der Waals surface area contributed by atoms with Crippen LogP contribution in [0.1, 0.15) is 10.4 Å². The molecule has 8 nitrogen and oxygen atoms in total. The van der Waals surface area contributed by atoms with Crippen LogP contribution in [0.2, 0.25) is 0 Å². The third-order valence-electron chi connectivity index (χ3n) is 4.57. The zero-order valence-corrected chi connectivity index (χ0v) is 17.2. The number of nitrogens with zero attached hydrogens (tertiary/aromatic N) is 1. The Morgan fingerprint density at radius 3 is 2.25 bits per heavy atom. The van der Waals surface area contributed by atoms with Gasteiger partial charge in [0.15, 0.2) is 10.6 Å². The van der Waals surface area contributed by atoms with Crippen LogP contribution in [0.15, 0.2) is 95.9 Å². The Morgan fingerprint density at radius 1 is 0.812 bits per heavy atom. The van der Waals surface area contributed by atoms with E-state index in [1.54, 1.807) is 18.2 Å². The number of esters is 1. The van der Waals surface area contributed by atoms with Gasteiger partial charge in [0.2, 0.25) is 0 Å². The molecule has 0 unspecified atom stereocenters. The zero-order chi connectivity index (χ0) is 22.7. The van der Waals surface area contributed by atoms with Gasteiger partial charge in [0.05, 0.1) is 4.92 Å². The molecule has 0 spiro atoms. The average molecular weight is 449 g/mol. The number of hydrogen-bond donors (Lipinski definition) is 0. The average Bonchev–Trinajstić information content (AvgIpc) is 2.79. The summed E-state index contributed by atoms with van der Waals surface area (Å²) in [6.07, 6.45) is 0. The fourth-order valence-corrected chi connectivity index (χ4v) is 4.20. The summed E-state index contributed by atoms with van der Waals surface area (Å²) in [6, 6.07) is 23.0. The highest BCUT2D eigenvalue weighted by atomic mass is 32.2. The number of para-hydroxylation sites is 2. The van der Waals surface area contributed by atoms with Crippen molar-refractivity contribution in [3.8, 4) is 11.5 Å². The van der Waals surface area contributed by atoms with Gasteiger partial charge in [0.25, 0.3) is 5.69 Å². The minimum Gasteiger partial charge on any atom is -0.423 e. The predicted molar refractivity (Wildman–Crippen MR) is 116 cm³/mol. The molecular formula is C23H15NO7S. The second-order valence-corrected chi connectivity index (χ2v) is 8.17. The van der Waals surface area contributed by atoms with Crippen molar-refractivity contribution in [2.75, 3.05) is 0 Å². The fourth-order valence-electron chi connectivity index (χ4n) is 3.08. The van der Waals surface area contributed by atoms with Gasteiger partial charge in [-0.25, -0.2) is 4.79 Å². The molecule has 4 rings (SSSR count). The van der Waals surface area contributed by atoms with Crippen molar-refractivity contribution in [3.63, 3.8) is 0 Å². The van der Waals surface area contributed by atoms with Gasteiger partial charge < -0.3 is 8.92 Å². The number of nitro groups is 1. The Kier molecular flexibility index (Phi) is 5.57. The SMILES string of the molecule is O=C(Oc1ccc2ccccc2c1)c1ccccc1OS(=O)(=O)c1ccccc1[N+](=O)[O-]. The van der Waals surface area contributed by atoms with Crippen LogP contribution in [0.3, 0.4) is 0 Å². The van der Waals surface area contributed by atoms with Crippen molar-refractivity contribution < 1.29 is 27.1 Å². The maximum absolute atomic E-state index is 12.8. The van der Waals surface area contributed by atoms with Gasteiger partial charge in [-0.3, -0.25) is 10.1 Å². The molecule has 0 bridgehead atoms. The van der Waals surface area contributed by atoms with E-state index in [0.29, 0.717) is 0 Å². The minimum atomic E-state index is -4.60. The Hall–Kier alpha value is -4.24. The van der Waals surface area contributed by atoms with Crippen LogP contribution in [0, 0.1) is 10.1 Å². The number of benzene rings is 4. The molecule has 0 aromatic heterocycles. The van der Waals surface area contributed by atoms with Crippen molar-refractivity contribution >= 4 is 32.5 Å². The molecule has 0 atom stereocenters. The lowest BCUT2D eigenvalue weighted by Crippen LogP contribution is -2.16. The Bertz CT molecular complexity index is 1450. The molecule has 0 aliphatic carbocycles. The molecule has 0 saturated heterocycles. The summed E-state index contributed by atoms with van der Waals surface area (Å²) >= 11 is 0. The zero-order valence-electron chi connectivity index (χ0n) is 16.4. The first-order valence-corrected chi connectivity index (χ1v) is 10.7. The topological polar surface area (TPSA) is 113 Å². The first-order chi connectivity index (χ1) is 15.3. The van der Waals surface area contributed by atoms with Crippen molar-refractivity contribution in [2.24, 2.45) is 0 Å². The molecule has 9 heteroatoms. The van der Waals surface area contributed by atoms with Crippen molar-refractivity contribution in [1.82, 2.24) is 0 Å². The van der Waals surface area contributed by atoms with Crippen LogP contribution in [-0.2, 0) is 10.1 Å². The van der Waals surface area contributed by atoms with E-state index in [1.807, 2.05) is 24.3 Å². The van der Waals surface area contributed by atoms with Crippen LogP contribution >= 0.6 is 0 Å². The number of rotatable bonds is 6. The lowest BCUT2D eigenvalue weighted by molar-refractivity contribution is -0.387. The molecule has 0 fully saturated rings. The van der Waals surface area contributed by atoms with E-state index < -0.39 is 31.6 Å². The number of fused-ring (bicyclic) bond motifs is 1. The summed E-state index contributed by atoms with van der Waals surface area (Å²) in [4.78, 5) is 22.5. The summed E-state index contributed by atoms with van der Waals surface area (Å²) in [6.45, 7) is 0. The van der Waals surface area contributed by atoms with Gasteiger partial charge in [0, 0.05) is 6.07 Å². The summed E-state index contributed by atoms with van der Waals surface area (Å²) in [7, 11) is -4.60. The van der Waals surface area contributed by atoms with E-state index >= 15 is 0 Å². The number of ether oxygens (including phenoxy) is 1. The molecule has 4 aromatic carbocycles. The van der Waals surface area contributed by atoms with Crippen molar-refractivity contribution in [3.05, 3.63) is 107 Å². The molecule has 0 N–H and O–H groups in total. The molecule has 32 heavy (non-hydrogen) atoms. The Morgan fingerprint density at radius 2 is 1.47 bits per heavy atom. The first kappa shape index (κ1) is 21.0. The molecule has 0 heterocycles. The Labute approximate surface area is 182 Å². The summed E-state index contributed by atoms with van der Waals surface area (Å²) in [5.74, 6) is -0.879. The molecule has 0 aliphatic rings. The summed E-state index contributed by atoms with van der Waals surface area (Å²) in [5.41, 5.74) is -0.786. The third kappa shape index (κ3) is 4.28. The second kappa shape index (κ2) is 8.48. The Balaban J connectivity index is 1.64. The monoisotopic (exact) mass is 449 g/mol. The van der Waals surface area contributed by atoms with Crippen LogP contribution in [-0.4, -0.2) is 19.3 Å². The molecule has 0 saturated carbocycles. The summed E-state index contributed by atoms with van der Waals surface area (Å²) in [5, 5.41) is 13.0. The van der Waals surface area contributed by atoms with Gasteiger partial charge >= 0.3 is 16.1 Å². The highest BCUT2D eigenvalue weighted by Gasteiger charge is 2.29. The molecule has 0 aliphatic heterocycles. The minimum absolute atomic E-state index is 0.150. The maximum atomic E-state index is 12.8. The quantitative estimate of drug-likeness (QED) is 0.137. The van der Waals surface area contributed by atoms with Gasteiger partial charge in [-0.05, 0) is 41.1 Å².